The SMILES string of the molecule is O=C(C(O)C(F)(F)F)N1CCc2[nH]ncc2C1. The zero-order chi connectivity index (χ0) is 12.6. The minimum Gasteiger partial charge on any atom is -0.376 e. The molecule has 2 N–H and O–H groups in total. The molecule has 2 heterocycles. The van der Waals surface area contributed by atoms with Crippen LogP contribution in [0.15, 0.2) is 6.20 Å². The molecule has 8 heteroatoms. The number of hydrogen-bond acceptors (Lipinski definition) is 3. The first-order chi connectivity index (χ1) is 7.89. The van der Waals surface area contributed by atoms with Crippen molar-refractivity contribution in [3.8, 4) is 0 Å². The summed E-state index contributed by atoms with van der Waals surface area (Å²) in [5.74, 6) is -1.32. The second kappa shape index (κ2) is 4.02. The summed E-state index contributed by atoms with van der Waals surface area (Å²) in [4.78, 5) is 12.4. The standard InChI is InChI=1S/C9H10F3N3O2/c10-9(11,12)7(16)8(17)15-2-1-6-5(4-15)3-13-14-6/h3,7,16H,1-2,4H2,(H,13,14). The lowest BCUT2D eigenvalue weighted by Crippen LogP contribution is -2.47. The zero-order valence-electron chi connectivity index (χ0n) is 8.66. The molecule has 1 atom stereocenters. The molecule has 0 aromatic carbocycles. The van der Waals surface area contributed by atoms with E-state index in [1.165, 1.54) is 6.20 Å². The van der Waals surface area contributed by atoms with E-state index in [1.807, 2.05) is 0 Å². The van der Waals surface area contributed by atoms with E-state index in [-0.39, 0.29) is 13.1 Å². The van der Waals surface area contributed by atoms with Gasteiger partial charge in [0.1, 0.15) is 0 Å². The number of halogens is 3. The largest absolute Gasteiger partial charge is 0.423 e. The van der Waals surface area contributed by atoms with Gasteiger partial charge in [-0.15, -0.1) is 0 Å². The fourth-order valence-corrected chi connectivity index (χ4v) is 1.72. The molecular formula is C9H10F3N3O2. The highest BCUT2D eigenvalue weighted by atomic mass is 19.4. The zero-order valence-corrected chi connectivity index (χ0v) is 8.66. The Morgan fingerprint density at radius 3 is 2.94 bits per heavy atom. The predicted molar refractivity (Wildman–Crippen MR) is 49.8 cm³/mol. The molecule has 1 aliphatic rings. The monoisotopic (exact) mass is 249 g/mol. The summed E-state index contributed by atoms with van der Waals surface area (Å²) in [6, 6.07) is 0. The third kappa shape index (κ3) is 2.26. The quantitative estimate of drug-likeness (QED) is 0.748. The number of nitrogens with zero attached hydrogens (tertiary/aromatic N) is 2. The van der Waals surface area contributed by atoms with Gasteiger partial charge in [0.15, 0.2) is 0 Å². The first-order valence-corrected chi connectivity index (χ1v) is 4.94. The maximum absolute atomic E-state index is 12.2. The van der Waals surface area contributed by atoms with Crippen LogP contribution in [0.3, 0.4) is 0 Å². The summed E-state index contributed by atoms with van der Waals surface area (Å²) < 4.78 is 36.5. The van der Waals surface area contributed by atoms with E-state index in [1.54, 1.807) is 0 Å². The summed E-state index contributed by atoms with van der Waals surface area (Å²) in [7, 11) is 0. The number of hydrogen-bond donors (Lipinski definition) is 2. The Morgan fingerprint density at radius 1 is 1.59 bits per heavy atom. The average Bonchev–Trinajstić information content (AvgIpc) is 2.72. The van der Waals surface area contributed by atoms with Crippen LogP contribution in [0.25, 0.3) is 0 Å². The van der Waals surface area contributed by atoms with Gasteiger partial charge in [0.05, 0.1) is 6.20 Å². The number of carbonyl (C=O) groups excluding carboxylic acids is 1. The highest BCUT2D eigenvalue weighted by Gasteiger charge is 2.45. The molecule has 1 aliphatic heterocycles. The number of amides is 1. The van der Waals surface area contributed by atoms with Gasteiger partial charge in [-0.1, -0.05) is 0 Å². The third-order valence-electron chi connectivity index (χ3n) is 2.66. The number of fused-ring (bicyclic) bond motifs is 1. The Morgan fingerprint density at radius 2 is 2.29 bits per heavy atom. The molecule has 0 saturated carbocycles. The highest BCUT2D eigenvalue weighted by Crippen LogP contribution is 2.24. The van der Waals surface area contributed by atoms with Gasteiger partial charge in [0.25, 0.3) is 5.91 Å². The van der Waals surface area contributed by atoms with Crippen LogP contribution in [0.2, 0.25) is 0 Å². The van der Waals surface area contributed by atoms with E-state index in [9.17, 15) is 18.0 Å². The van der Waals surface area contributed by atoms with Gasteiger partial charge >= 0.3 is 6.18 Å². The maximum Gasteiger partial charge on any atom is 0.423 e. The van der Waals surface area contributed by atoms with E-state index in [4.69, 9.17) is 5.11 Å². The fourth-order valence-electron chi connectivity index (χ4n) is 1.72. The van der Waals surface area contributed by atoms with Crippen LogP contribution < -0.4 is 0 Å². The molecule has 17 heavy (non-hydrogen) atoms. The first kappa shape index (κ1) is 11.9. The summed E-state index contributed by atoms with van der Waals surface area (Å²) in [6.45, 7) is 0.180. The Kier molecular flexibility index (Phi) is 2.82. The summed E-state index contributed by atoms with van der Waals surface area (Å²) in [5.41, 5.74) is 1.49. The van der Waals surface area contributed by atoms with Crippen molar-refractivity contribution in [1.29, 1.82) is 0 Å². The molecule has 0 bridgehead atoms. The number of nitrogens with one attached hydrogen (secondary N) is 1. The van der Waals surface area contributed by atoms with E-state index >= 15 is 0 Å². The average molecular weight is 249 g/mol. The Balaban J connectivity index is 2.09. The van der Waals surface area contributed by atoms with Gasteiger partial charge < -0.3 is 10.0 Å². The minimum absolute atomic E-state index is 0.0395. The molecule has 0 spiro atoms. The second-order valence-corrected chi connectivity index (χ2v) is 3.83. The molecule has 5 nitrogen and oxygen atoms in total. The van der Waals surface area contributed by atoms with E-state index in [2.05, 4.69) is 10.2 Å². The molecule has 1 aromatic rings. The van der Waals surface area contributed by atoms with Gasteiger partial charge in [-0.3, -0.25) is 9.89 Å². The second-order valence-electron chi connectivity index (χ2n) is 3.83. The van der Waals surface area contributed by atoms with Crippen LogP contribution in [0.5, 0.6) is 0 Å². The van der Waals surface area contributed by atoms with Crippen molar-refractivity contribution in [2.45, 2.75) is 25.2 Å². The van der Waals surface area contributed by atoms with Crippen molar-refractivity contribution in [1.82, 2.24) is 15.1 Å². The highest BCUT2D eigenvalue weighted by molar-refractivity contribution is 5.81. The number of alkyl halides is 3. The summed E-state index contributed by atoms with van der Waals surface area (Å²) >= 11 is 0. The van der Waals surface area contributed by atoms with Gasteiger partial charge in [-0.2, -0.15) is 18.3 Å². The summed E-state index contributed by atoms with van der Waals surface area (Å²) in [6.07, 6.45) is -6.00. The van der Waals surface area contributed by atoms with Gasteiger partial charge in [-0.05, 0) is 0 Å². The number of rotatable bonds is 1. The van der Waals surface area contributed by atoms with Crippen molar-refractivity contribution in [3.05, 3.63) is 17.5 Å². The van der Waals surface area contributed by atoms with Crippen LogP contribution in [0.4, 0.5) is 13.2 Å². The molecule has 2 rings (SSSR count). The predicted octanol–water partition coefficient (Wildman–Crippen LogP) is 0.218. The molecular weight excluding hydrogens is 239 g/mol. The molecule has 0 saturated heterocycles. The maximum atomic E-state index is 12.2. The fraction of sp³-hybridized carbons (Fsp3) is 0.556. The molecule has 94 valence electrons. The van der Waals surface area contributed by atoms with Crippen molar-refractivity contribution in [2.75, 3.05) is 6.54 Å². The molecule has 1 unspecified atom stereocenters. The van der Waals surface area contributed by atoms with E-state index in [0.717, 1.165) is 10.6 Å². The van der Waals surface area contributed by atoms with Crippen LogP contribution >= 0.6 is 0 Å². The minimum atomic E-state index is -4.92. The summed E-state index contributed by atoms with van der Waals surface area (Å²) in [5, 5.41) is 15.3. The van der Waals surface area contributed by atoms with E-state index < -0.39 is 18.2 Å². The normalized spacial score (nSPS) is 17.8. The topological polar surface area (TPSA) is 69.2 Å². The van der Waals surface area contributed by atoms with Crippen LogP contribution in [-0.2, 0) is 17.8 Å². The molecule has 0 fully saturated rings. The Labute approximate surface area is 94.2 Å². The van der Waals surface area contributed by atoms with Crippen LogP contribution in [0, 0.1) is 0 Å². The van der Waals surface area contributed by atoms with Crippen LogP contribution in [-0.4, -0.2) is 44.9 Å². The molecule has 0 radical (unpaired) electrons. The smallest absolute Gasteiger partial charge is 0.376 e. The lowest BCUT2D eigenvalue weighted by atomic mass is 10.1. The number of aliphatic hydroxyl groups is 1. The number of H-pyrrole nitrogens is 1. The third-order valence-corrected chi connectivity index (χ3v) is 2.66. The van der Waals surface area contributed by atoms with E-state index in [0.29, 0.717) is 12.0 Å². The van der Waals surface area contributed by atoms with Crippen molar-refractivity contribution < 1.29 is 23.1 Å². The molecule has 1 amide bonds. The lowest BCUT2D eigenvalue weighted by Gasteiger charge is -2.28. The lowest BCUT2D eigenvalue weighted by molar-refractivity contribution is -0.211. The van der Waals surface area contributed by atoms with Gasteiger partial charge in [0.2, 0.25) is 6.10 Å². The van der Waals surface area contributed by atoms with Gasteiger partial charge in [-0.25, -0.2) is 0 Å². The van der Waals surface area contributed by atoms with Crippen LogP contribution in [0.1, 0.15) is 11.3 Å². The molecule has 1 aromatic heterocycles. The number of carbonyl (C=O) groups is 1. The van der Waals surface area contributed by atoms with Gasteiger partial charge in [0, 0.05) is 30.8 Å². The number of aromatic nitrogens is 2. The van der Waals surface area contributed by atoms with Crippen molar-refractivity contribution in [2.24, 2.45) is 0 Å². The number of aromatic amines is 1. The Hall–Kier alpha value is -1.57. The van der Waals surface area contributed by atoms with Crippen molar-refractivity contribution in [3.63, 3.8) is 0 Å². The Bertz CT molecular complexity index is 429. The molecule has 0 aliphatic carbocycles. The first-order valence-electron chi connectivity index (χ1n) is 4.94. The van der Waals surface area contributed by atoms with Crippen molar-refractivity contribution >= 4 is 5.91 Å². The number of aliphatic hydroxyl groups excluding tert-OH is 1.